The topological polar surface area (TPSA) is 84.5 Å². The average molecular weight is 278 g/mol. The molecule has 2 amide bonds. The Labute approximate surface area is 117 Å². The first kappa shape index (κ1) is 15.7. The molecule has 0 heterocycles. The van der Waals surface area contributed by atoms with Crippen LogP contribution in [0, 0.1) is 0 Å². The standard InChI is InChI=1S/C14H18N2O4/c1-10(13(18)15-9-8-12(17)20-2)16-14(19)11-6-4-3-5-7-11/h3-7,10H,8-9H2,1-2H3,(H,15,18)(H,16,19). The van der Waals surface area contributed by atoms with Crippen LogP contribution in [0.1, 0.15) is 23.7 Å². The van der Waals surface area contributed by atoms with Gasteiger partial charge in [0.1, 0.15) is 6.04 Å². The van der Waals surface area contributed by atoms with Gasteiger partial charge in [-0.3, -0.25) is 14.4 Å². The van der Waals surface area contributed by atoms with Gasteiger partial charge in [0.25, 0.3) is 5.91 Å². The molecule has 0 spiro atoms. The highest BCUT2D eigenvalue weighted by atomic mass is 16.5. The Morgan fingerprint density at radius 3 is 2.45 bits per heavy atom. The van der Waals surface area contributed by atoms with Crippen LogP contribution in [0.2, 0.25) is 0 Å². The van der Waals surface area contributed by atoms with Gasteiger partial charge in [-0.2, -0.15) is 0 Å². The number of methoxy groups -OCH3 is 1. The minimum atomic E-state index is -0.680. The van der Waals surface area contributed by atoms with E-state index >= 15 is 0 Å². The lowest BCUT2D eigenvalue weighted by molar-refractivity contribution is -0.140. The number of amides is 2. The Bertz CT molecular complexity index is 473. The summed E-state index contributed by atoms with van der Waals surface area (Å²) in [7, 11) is 1.28. The Hall–Kier alpha value is -2.37. The summed E-state index contributed by atoms with van der Waals surface area (Å²) in [6, 6.07) is 7.94. The Morgan fingerprint density at radius 1 is 1.20 bits per heavy atom. The fraction of sp³-hybridized carbons (Fsp3) is 0.357. The van der Waals surface area contributed by atoms with E-state index in [2.05, 4.69) is 15.4 Å². The van der Waals surface area contributed by atoms with E-state index in [-0.39, 0.29) is 24.8 Å². The molecule has 2 N–H and O–H groups in total. The van der Waals surface area contributed by atoms with Crippen molar-refractivity contribution < 1.29 is 19.1 Å². The van der Waals surface area contributed by atoms with Crippen molar-refractivity contribution in [3.8, 4) is 0 Å². The molecule has 0 aliphatic heterocycles. The third kappa shape index (κ3) is 5.09. The molecule has 20 heavy (non-hydrogen) atoms. The van der Waals surface area contributed by atoms with Crippen LogP contribution >= 0.6 is 0 Å². The number of esters is 1. The quantitative estimate of drug-likeness (QED) is 0.741. The maximum atomic E-state index is 11.8. The van der Waals surface area contributed by atoms with Crippen molar-refractivity contribution in [3.63, 3.8) is 0 Å². The van der Waals surface area contributed by atoms with E-state index in [9.17, 15) is 14.4 Å². The molecule has 1 atom stereocenters. The summed E-state index contributed by atoms with van der Waals surface area (Å²) in [6.07, 6.45) is 0.0988. The molecule has 6 heteroatoms. The van der Waals surface area contributed by atoms with Crippen molar-refractivity contribution in [2.45, 2.75) is 19.4 Å². The van der Waals surface area contributed by atoms with E-state index in [0.717, 1.165) is 0 Å². The predicted molar refractivity (Wildman–Crippen MR) is 73.0 cm³/mol. The zero-order chi connectivity index (χ0) is 15.0. The number of benzene rings is 1. The average Bonchev–Trinajstić information content (AvgIpc) is 2.47. The van der Waals surface area contributed by atoms with Crippen LogP contribution in [0.25, 0.3) is 0 Å². The summed E-state index contributed by atoms with van der Waals surface area (Å²) >= 11 is 0. The van der Waals surface area contributed by atoms with Crippen molar-refractivity contribution in [1.29, 1.82) is 0 Å². The first-order valence-corrected chi connectivity index (χ1v) is 6.25. The van der Waals surface area contributed by atoms with Crippen LogP contribution in [0.15, 0.2) is 30.3 Å². The largest absolute Gasteiger partial charge is 0.469 e. The molecule has 0 aliphatic carbocycles. The highest BCUT2D eigenvalue weighted by Crippen LogP contribution is 1.98. The number of hydrogen-bond acceptors (Lipinski definition) is 4. The summed E-state index contributed by atoms with van der Waals surface area (Å²) in [4.78, 5) is 34.4. The third-order valence-electron chi connectivity index (χ3n) is 2.63. The van der Waals surface area contributed by atoms with Crippen LogP contribution in [0.4, 0.5) is 0 Å². The number of nitrogens with one attached hydrogen (secondary N) is 2. The van der Waals surface area contributed by atoms with Gasteiger partial charge in [-0.15, -0.1) is 0 Å². The van der Waals surface area contributed by atoms with Gasteiger partial charge in [-0.1, -0.05) is 18.2 Å². The molecule has 0 radical (unpaired) electrons. The molecule has 0 fully saturated rings. The molecule has 0 aliphatic rings. The second-order valence-electron chi connectivity index (χ2n) is 4.18. The number of carbonyl (C=O) groups is 3. The van der Waals surface area contributed by atoms with E-state index in [4.69, 9.17) is 0 Å². The van der Waals surface area contributed by atoms with Crippen molar-refractivity contribution in [1.82, 2.24) is 10.6 Å². The van der Waals surface area contributed by atoms with E-state index in [1.165, 1.54) is 7.11 Å². The zero-order valence-corrected chi connectivity index (χ0v) is 11.5. The fourth-order valence-electron chi connectivity index (χ4n) is 1.48. The molecule has 1 unspecified atom stereocenters. The van der Waals surface area contributed by atoms with E-state index in [0.29, 0.717) is 5.56 Å². The van der Waals surface area contributed by atoms with Crippen molar-refractivity contribution >= 4 is 17.8 Å². The highest BCUT2D eigenvalue weighted by Gasteiger charge is 2.16. The number of ether oxygens (including phenoxy) is 1. The maximum Gasteiger partial charge on any atom is 0.307 e. The van der Waals surface area contributed by atoms with Gasteiger partial charge in [0, 0.05) is 12.1 Å². The molecule has 1 aromatic rings. The van der Waals surface area contributed by atoms with Gasteiger partial charge in [0.15, 0.2) is 0 Å². The lowest BCUT2D eigenvalue weighted by atomic mass is 10.2. The third-order valence-corrected chi connectivity index (χ3v) is 2.63. The summed E-state index contributed by atoms with van der Waals surface area (Å²) in [5.74, 6) is -1.06. The van der Waals surface area contributed by atoms with E-state index in [1.807, 2.05) is 0 Å². The Kier molecular flexibility index (Phi) is 6.22. The lowest BCUT2D eigenvalue weighted by Crippen LogP contribution is -2.45. The van der Waals surface area contributed by atoms with Crippen molar-refractivity contribution in [3.05, 3.63) is 35.9 Å². The fourth-order valence-corrected chi connectivity index (χ4v) is 1.48. The predicted octanol–water partition coefficient (Wildman–Crippen LogP) is 0.484. The molecule has 0 aromatic heterocycles. The van der Waals surface area contributed by atoms with Crippen LogP contribution in [-0.2, 0) is 14.3 Å². The minimum Gasteiger partial charge on any atom is -0.469 e. The normalized spacial score (nSPS) is 11.3. The minimum absolute atomic E-state index is 0.0988. The summed E-state index contributed by atoms with van der Waals surface area (Å²) in [5, 5.41) is 5.13. The molecule has 0 saturated carbocycles. The van der Waals surface area contributed by atoms with Crippen molar-refractivity contribution in [2.75, 3.05) is 13.7 Å². The molecule has 0 saturated heterocycles. The summed E-state index contributed by atoms with van der Waals surface area (Å²) in [6.45, 7) is 1.76. The van der Waals surface area contributed by atoms with Gasteiger partial charge in [-0.25, -0.2) is 0 Å². The van der Waals surface area contributed by atoms with E-state index in [1.54, 1.807) is 37.3 Å². The van der Waals surface area contributed by atoms with Gasteiger partial charge < -0.3 is 15.4 Å². The SMILES string of the molecule is COC(=O)CCNC(=O)C(C)NC(=O)c1ccccc1. The summed E-state index contributed by atoms with van der Waals surface area (Å²) < 4.78 is 4.45. The Balaban J connectivity index is 2.38. The Morgan fingerprint density at radius 2 is 1.85 bits per heavy atom. The van der Waals surface area contributed by atoms with Crippen LogP contribution in [0.5, 0.6) is 0 Å². The second kappa shape index (κ2) is 7.93. The van der Waals surface area contributed by atoms with Gasteiger partial charge in [-0.05, 0) is 19.1 Å². The maximum absolute atomic E-state index is 11.8. The molecule has 108 valence electrons. The van der Waals surface area contributed by atoms with Gasteiger partial charge in [0.05, 0.1) is 13.5 Å². The number of hydrogen-bond donors (Lipinski definition) is 2. The molecular formula is C14H18N2O4. The second-order valence-corrected chi connectivity index (χ2v) is 4.18. The zero-order valence-electron chi connectivity index (χ0n) is 11.5. The van der Waals surface area contributed by atoms with Crippen LogP contribution in [0.3, 0.4) is 0 Å². The first-order valence-electron chi connectivity index (χ1n) is 6.25. The summed E-state index contributed by atoms with van der Waals surface area (Å²) in [5.41, 5.74) is 0.488. The molecule has 1 rings (SSSR count). The van der Waals surface area contributed by atoms with Crippen molar-refractivity contribution in [2.24, 2.45) is 0 Å². The number of rotatable bonds is 6. The monoisotopic (exact) mass is 278 g/mol. The first-order chi connectivity index (χ1) is 9.54. The van der Waals surface area contributed by atoms with Gasteiger partial charge >= 0.3 is 5.97 Å². The molecular weight excluding hydrogens is 260 g/mol. The molecule has 0 bridgehead atoms. The van der Waals surface area contributed by atoms with Gasteiger partial charge in [0.2, 0.25) is 5.91 Å². The van der Waals surface area contributed by atoms with Crippen LogP contribution < -0.4 is 10.6 Å². The number of carbonyl (C=O) groups excluding carboxylic acids is 3. The molecule has 1 aromatic carbocycles. The smallest absolute Gasteiger partial charge is 0.307 e. The van der Waals surface area contributed by atoms with E-state index < -0.39 is 12.0 Å². The van der Waals surface area contributed by atoms with Crippen LogP contribution in [-0.4, -0.2) is 37.5 Å². The lowest BCUT2D eigenvalue weighted by Gasteiger charge is -2.13. The molecule has 6 nitrogen and oxygen atoms in total. The highest BCUT2D eigenvalue weighted by molar-refractivity contribution is 5.97.